The Bertz CT molecular complexity index is 1240. The minimum Gasteiger partial charge on any atom is -0.342 e. The van der Waals surface area contributed by atoms with Crippen molar-refractivity contribution < 1.29 is 19.3 Å². The summed E-state index contributed by atoms with van der Waals surface area (Å²) in [6.45, 7) is 0.611. The second-order valence-electron chi connectivity index (χ2n) is 7.98. The molecular formula is C22H19N5O5. The van der Waals surface area contributed by atoms with E-state index in [1.165, 1.54) is 12.1 Å². The summed E-state index contributed by atoms with van der Waals surface area (Å²) in [6, 6.07) is 11.3. The molecule has 3 aromatic rings. The van der Waals surface area contributed by atoms with Crippen molar-refractivity contribution in [3.05, 3.63) is 69.5 Å². The van der Waals surface area contributed by atoms with Crippen LogP contribution < -0.4 is 0 Å². The number of H-pyrrole nitrogens is 1. The van der Waals surface area contributed by atoms with E-state index in [0.29, 0.717) is 13.1 Å². The van der Waals surface area contributed by atoms with Gasteiger partial charge in [-0.05, 0) is 31.0 Å². The van der Waals surface area contributed by atoms with E-state index in [9.17, 15) is 24.5 Å². The standard InChI is InChI=1S/C22H19N5O5/c28-19(12-26-21(29)15-6-5-14(27(31)32)11-16(15)22(26)30)25-9-7-13(8-10-25)20-23-17-3-1-2-4-18(17)24-20/h1-6,11,13H,7-10,12H2,(H,23,24). The minimum absolute atomic E-state index is 0.0411. The van der Waals surface area contributed by atoms with E-state index in [1.54, 1.807) is 4.90 Å². The lowest BCUT2D eigenvalue weighted by molar-refractivity contribution is -0.384. The van der Waals surface area contributed by atoms with Crippen LogP contribution >= 0.6 is 0 Å². The molecule has 32 heavy (non-hydrogen) atoms. The Labute approximate surface area is 182 Å². The molecule has 1 saturated heterocycles. The number of hydrogen-bond acceptors (Lipinski definition) is 6. The predicted octanol–water partition coefficient (Wildman–Crippen LogP) is 2.47. The molecule has 3 heterocycles. The second-order valence-corrected chi connectivity index (χ2v) is 7.98. The van der Waals surface area contributed by atoms with Gasteiger partial charge in [0.05, 0.1) is 27.1 Å². The van der Waals surface area contributed by atoms with Gasteiger partial charge in [-0.25, -0.2) is 4.98 Å². The van der Waals surface area contributed by atoms with Gasteiger partial charge >= 0.3 is 0 Å². The quantitative estimate of drug-likeness (QED) is 0.382. The number of nitrogens with zero attached hydrogens (tertiary/aromatic N) is 4. The highest BCUT2D eigenvalue weighted by molar-refractivity contribution is 6.22. The number of aromatic nitrogens is 2. The topological polar surface area (TPSA) is 130 Å². The molecule has 10 nitrogen and oxygen atoms in total. The van der Waals surface area contributed by atoms with Gasteiger partial charge in [0, 0.05) is 31.1 Å². The van der Waals surface area contributed by atoms with Crippen molar-refractivity contribution in [2.75, 3.05) is 19.6 Å². The highest BCUT2D eigenvalue weighted by atomic mass is 16.6. The molecule has 0 unspecified atom stereocenters. The molecule has 0 spiro atoms. The van der Waals surface area contributed by atoms with Crippen molar-refractivity contribution in [1.82, 2.24) is 19.8 Å². The van der Waals surface area contributed by atoms with Crippen LogP contribution in [0.3, 0.4) is 0 Å². The van der Waals surface area contributed by atoms with E-state index in [2.05, 4.69) is 9.97 Å². The Morgan fingerprint density at radius 3 is 2.53 bits per heavy atom. The number of hydrogen-bond donors (Lipinski definition) is 1. The van der Waals surface area contributed by atoms with Crippen LogP contribution in [0, 0.1) is 10.1 Å². The number of nitro benzene ring substituents is 1. The van der Waals surface area contributed by atoms with Crippen LogP contribution in [-0.2, 0) is 4.79 Å². The first-order valence-electron chi connectivity index (χ1n) is 10.3. The molecule has 1 fully saturated rings. The lowest BCUT2D eigenvalue weighted by atomic mass is 9.96. The van der Waals surface area contributed by atoms with Crippen molar-refractivity contribution in [2.45, 2.75) is 18.8 Å². The molecule has 0 radical (unpaired) electrons. The molecule has 10 heteroatoms. The number of para-hydroxylation sites is 2. The van der Waals surface area contributed by atoms with Crippen LogP contribution in [0.2, 0.25) is 0 Å². The summed E-state index contributed by atoms with van der Waals surface area (Å²) in [5, 5.41) is 11.0. The van der Waals surface area contributed by atoms with E-state index < -0.39 is 16.7 Å². The third-order valence-electron chi connectivity index (χ3n) is 6.10. The predicted molar refractivity (Wildman–Crippen MR) is 113 cm³/mol. The van der Waals surface area contributed by atoms with Gasteiger partial charge in [-0.1, -0.05) is 12.1 Å². The smallest absolute Gasteiger partial charge is 0.270 e. The first kappa shape index (κ1) is 19.9. The molecule has 0 aliphatic carbocycles. The van der Waals surface area contributed by atoms with Gasteiger partial charge in [-0.3, -0.25) is 29.4 Å². The fourth-order valence-corrected chi connectivity index (χ4v) is 4.34. The average Bonchev–Trinajstić information content (AvgIpc) is 3.34. The first-order chi connectivity index (χ1) is 15.4. The molecule has 162 valence electrons. The van der Waals surface area contributed by atoms with E-state index in [4.69, 9.17) is 0 Å². The average molecular weight is 433 g/mol. The van der Waals surface area contributed by atoms with Crippen LogP contribution in [0.1, 0.15) is 45.3 Å². The Kier molecular flexibility index (Phi) is 4.69. The summed E-state index contributed by atoms with van der Waals surface area (Å²) in [5.41, 5.74) is 1.65. The summed E-state index contributed by atoms with van der Waals surface area (Å²) in [7, 11) is 0. The Morgan fingerprint density at radius 2 is 1.81 bits per heavy atom. The Balaban J connectivity index is 1.23. The van der Waals surface area contributed by atoms with Crippen LogP contribution in [0.25, 0.3) is 11.0 Å². The Hall–Kier alpha value is -4.08. The van der Waals surface area contributed by atoms with E-state index in [-0.39, 0.29) is 35.2 Å². The minimum atomic E-state index is -0.681. The molecule has 0 saturated carbocycles. The number of carbonyl (C=O) groups is 3. The van der Waals surface area contributed by atoms with Crippen molar-refractivity contribution in [3.8, 4) is 0 Å². The largest absolute Gasteiger partial charge is 0.342 e. The number of imide groups is 1. The molecule has 2 aliphatic heterocycles. The van der Waals surface area contributed by atoms with Crippen LogP contribution in [0.15, 0.2) is 42.5 Å². The summed E-state index contributed by atoms with van der Waals surface area (Å²) in [5.74, 6) is -0.506. The summed E-state index contributed by atoms with van der Waals surface area (Å²) in [6.07, 6.45) is 1.44. The highest BCUT2D eigenvalue weighted by Crippen LogP contribution is 2.29. The molecule has 5 rings (SSSR count). The zero-order valence-corrected chi connectivity index (χ0v) is 17.0. The molecule has 2 aromatic carbocycles. The van der Waals surface area contributed by atoms with Crippen LogP contribution in [0.4, 0.5) is 5.69 Å². The third-order valence-corrected chi connectivity index (χ3v) is 6.10. The van der Waals surface area contributed by atoms with Crippen molar-refractivity contribution in [1.29, 1.82) is 0 Å². The number of non-ortho nitro benzene ring substituents is 1. The van der Waals surface area contributed by atoms with Gasteiger partial charge in [-0.2, -0.15) is 0 Å². The van der Waals surface area contributed by atoms with Gasteiger partial charge in [-0.15, -0.1) is 0 Å². The fraction of sp³-hybridized carbons (Fsp3) is 0.273. The van der Waals surface area contributed by atoms with E-state index >= 15 is 0 Å². The molecule has 2 aliphatic rings. The third kappa shape index (κ3) is 3.29. The van der Waals surface area contributed by atoms with Gasteiger partial charge in [0.2, 0.25) is 5.91 Å². The molecule has 0 atom stereocenters. The summed E-state index contributed by atoms with van der Waals surface area (Å²) >= 11 is 0. The number of aromatic amines is 1. The lowest BCUT2D eigenvalue weighted by Gasteiger charge is -2.32. The van der Waals surface area contributed by atoms with E-state index in [1.807, 2.05) is 24.3 Å². The Morgan fingerprint density at radius 1 is 1.09 bits per heavy atom. The maximum atomic E-state index is 12.8. The number of nitrogens with one attached hydrogen (secondary N) is 1. The number of benzene rings is 2. The highest BCUT2D eigenvalue weighted by Gasteiger charge is 2.39. The van der Waals surface area contributed by atoms with Crippen molar-refractivity contribution >= 4 is 34.4 Å². The van der Waals surface area contributed by atoms with Crippen LogP contribution in [-0.4, -0.2) is 62.0 Å². The second kappa shape index (κ2) is 7.56. The van der Waals surface area contributed by atoms with Gasteiger partial charge in [0.1, 0.15) is 12.4 Å². The number of fused-ring (bicyclic) bond motifs is 2. The van der Waals surface area contributed by atoms with Gasteiger partial charge in [0.15, 0.2) is 0 Å². The number of imidazole rings is 1. The normalized spacial score (nSPS) is 16.6. The monoisotopic (exact) mass is 433 g/mol. The molecule has 1 N–H and O–H groups in total. The number of amides is 3. The fourth-order valence-electron chi connectivity index (χ4n) is 4.34. The zero-order valence-electron chi connectivity index (χ0n) is 17.0. The number of rotatable bonds is 4. The number of carbonyl (C=O) groups excluding carboxylic acids is 3. The summed E-state index contributed by atoms with van der Waals surface area (Å²) < 4.78 is 0. The van der Waals surface area contributed by atoms with Crippen molar-refractivity contribution in [2.24, 2.45) is 0 Å². The molecule has 3 amide bonds. The SMILES string of the molecule is O=C(CN1C(=O)c2ccc([N+](=O)[O-])cc2C1=O)N1CCC(c2nc3ccccc3[nH]2)CC1. The first-order valence-corrected chi connectivity index (χ1v) is 10.3. The number of piperidine rings is 1. The number of nitro groups is 1. The number of likely N-dealkylation sites (tertiary alicyclic amines) is 1. The zero-order chi connectivity index (χ0) is 22.4. The molecule has 1 aromatic heterocycles. The van der Waals surface area contributed by atoms with Crippen LogP contribution in [0.5, 0.6) is 0 Å². The molecule has 0 bridgehead atoms. The van der Waals surface area contributed by atoms with Crippen molar-refractivity contribution in [3.63, 3.8) is 0 Å². The lowest BCUT2D eigenvalue weighted by Crippen LogP contribution is -2.45. The summed E-state index contributed by atoms with van der Waals surface area (Å²) in [4.78, 5) is 58.8. The maximum absolute atomic E-state index is 12.8. The van der Waals surface area contributed by atoms with Gasteiger partial charge in [0.25, 0.3) is 17.5 Å². The maximum Gasteiger partial charge on any atom is 0.270 e. The van der Waals surface area contributed by atoms with Gasteiger partial charge < -0.3 is 9.88 Å². The van der Waals surface area contributed by atoms with E-state index in [0.717, 1.165) is 40.7 Å². The molecular weight excluding hydrogens is 414 g/mol.